The molecule has 0 aromatic carbocycles. The van der Waals surface area contributed by atoms with Gasteiger partial charge in [0.15, 0.2) is 0 Å². The van der Waals surface area contributed by atoms with Crippen LogP contribution >= 0.6 is 0 Å². The highest BCUT2D eigenvalue weighted by Gasteiger charge is 2.25. The van der Waals surface area contributed by atoms with Crippen molar-refractivity contribution in [2.75, 3.05) is 19.7 Å². The van der Waals surface area contributed by atoms with Crippen molar-refractivity contribution < 1.29 is 9.90 Å². The molecule has 5 nitrogen and oxygen atoms in total. The molecule has 0 saturated carbocycles. The van der Waals surface area contributed by atoms with Crippen molar-refractivity contribution in [3.63, 3.8) is 0 Å². The molecule has 1 atom stereocenters. The number of carbonyl (C=O) groups is 1. The number of aliphatic hydroxyl groups is 1. The van der Waals surface area contributed by atoms with Gasteiger partial charge in [-0.15, -0.1) is 0 Å². The van der Waals surface area contributed by atoms with E-state index < -0.39 is 0 Å². The van der Waals surface area contributed by atoms with Gasteiger partial charge in [-0.3, -0.25) is 9.59 Å². The molecule has 2 rings (SSSR count). The van der Waals surface area contributed by atoms with Gasteiger partial charge in [-0.2, -0.15) is 0 Å². The summed E-state index contributed by atoms with van der Waals surface area (Å²) in [4.78, 5) is 28.0. The summed E-state index contributed by atoms with van der Waals surface area (Å²) in [5.41, 5.74) is -0.145. The standard InChI is InChI=1S/C13H18N2O3/c16-8-5-10-3-2-7-15(9-10)13(18)11-4-1-6-14-12(11)17/h1,4,6,10,16H,2-3,5,7-9H2,(H,14,17). The summed E-state index contributed by atoms with van der Waals surface area (Å²) in [5, 5.41) is 8.95. The van der Waals surface area contributed by atoms with Gasteiger partial charge < -0.3 is 15.0 Å². The third kappa shape index (κ3) is 2.79. The van der Waals surface area contributed by atoms with Gasteiger partial charge in [0.1, 0.15) is 5.56 Å². The molecule has 0 radical (unpaired) electrons. The van der Waals surface area contributed by atoms with Crippen LogP contribution in [0.2, 0.25) is 0 Å². The molecule has 1 fully saturated rings. The fourth-order valence-electron chi connectivity index (χ4n) is 2.43. The number of likely N-dealkylation sites (tertiary alicyclic amines) is 1. The van der Waals surface area contributed by atoms with Crippen LogP contribution in [0.4, 0.5) is 0 Å². The number of hydrogen-bond donors (Lipinski definition) is 2. The Balaban J connectivity index is 2.09. The monoisotopic (exact) mass is 250 g/mol. The van der Waals surface area contributed by atoms with E-state index in [0.717, 1.165) is 19.3 Å². The first kappa shape index (κ1) is 12.8. The smallest absolute Gasteiger partial charge is 0.260 e. The fourth-order valence-corrected chi connectivity index (χ4v) is 2.43. The lowest BCUT2D eigenvalue weighted by molar-refractivity contribution is 0.0652. The van der Waals surface area contributed by atoms with Crippen molar-refractivity contribution in [1.29, 1.82) is 0 Å². The van der Waals surface area contributed by atoms with E-state index in [4.69, 9.17) is 5.11 Å². The number of nitrogens with one attached hydrogen (secondary N) is 1. The minimum Gasteiger partial charge on any atom is -0.396 e. The Kier molecular flexibility index (Phi) is 4.15. The maximum absolute atomic E-state index is 12.2. The Morgan fingerprint density at radius 1 is 1.56 bits per heavy atom. The molecule has 1 unspecified atom stereocenters. The Hall–Kier alpha value is -1.62. The van der Waals surface area contributed by atoms with E-state index in [1.165, 1.54) is 6.20 Å². The fraction of sp³-hybridized carbons (Fsp3) is 0.538. The third-order valence-corrected chi connectivity index (χ3v) is 3.39. The van der Waals surface area contributed by atoms with Crippen LogP contribution in [0.25, 0.3) is 0 Å². The number of carbonyl (C=O) groups excluding carboxylic acids is 1. The first-order chi connectivity index (χ1) is 8.72. The molecule has 0 aliphatic carbocycles. The second-order valence-corrected chi connectivity index (χ2v) is 4.68. The maximum Gasteiger partial charge on any atom is 0.260 e. The first-order valence-electron chi connectivity index (χ1n) is 6.30. The SMILES string of the molecule is O=C(c1ccc[nH]c1=O)N1CCCC(CCO)C1. The molecule has 18 heavy (non-hydrogen) atoms. The van der Waals surface area contributed by atoms with E-state index in [1.807, 2.05) is 0 Å². The second kappa shape index (κ2) is 5.82. The molecule has 2 heterocycles. The van der Waals surface area contributed by atoms with Crippen LogP contribution in [0.15, 0.2) is 23.1 Å². The zero-order valence-corrected chi connectivity index (χ0v) is 10.3. The van der Waals surface area contributed by atoms with Crippen LogP contribution < -0.4 is 5.56 Å². The Morgan fingerprint density at radius 3 is 3.11 bits per heavy atom. The second-order valence-electron chi connectivity index (χ2n) is 4.68. The summed E-state index contributed by atoms with van der Waals surface area (Å²) in [6.45, 7) is 1.47. The van der Waals surface area contributed by atoms with Gasteiger partial charge in [0.05, 0.1) is 0 Å². The highest BCUT2D eigenvalue weighted by Crippen LogP contribution is 2.20. The molecule has 1 aliphatic rings. The number of aliphatic hydroxyl groups excluding tert-OH is 1. The number of amides is 1. The van der Waals surface area contributed by atoms with Crippen molar-refractivity contribution in [3.05, 3.63) is 34.2 Å². The predicted molar refractivity (Wildman–Crippen MR) is 67.4 cm³/mol. The summed E-state index contributed by atoms with van der Waals surface area (Å²) in [6.07, 6.45) is 4.20. The van der Waals surface area contributed by atoms with Gasteiger partial charge in [-0.05, 0) is 37.3 Å². The molecule has 2 N–H and O–H groups in total. The van der Waals surface area contributed by atoms with E-state index in [0.29, 0.717) is 19.0 Å². The summed E-state index contributed by atoms with van der Waals surface area (Å²) in [7, 11) is 0. The lowest BCUT2D eigenvalue weighted by Gasteiger charge is -2.32. The molecular weight excluding hydrogens is 232 g/mol. The Labute approximate surface area is 105 Å². The molecule has 1 saturated heterocycles. The lowest BCUT2D eigenvalue weighted by Crippen LogP contribution is -2.42. The molecule has 1 aromatic heterocycles. The van der Waals surface area contributed by atoms with Gasteiger partial charge in [0.25, 0.3) is 11.5 Å². The number of hydrogen-bond acceptors (Lipinski definition) is 3. The van der Waals surface area contributed by atoms with Crippen molar-refractivity contribution in [2.45, 2.75) is 19.3 Å². The summed E-state index contributed by atoms with van der Waals surface area (Å²) < 4.78 is 0. The maximum atomic E-state index is 12.2. The van der Waals surface area contributed by atoms with Gasteiger partial charge in [-0.1, -0.05) is 0 Å². The molecule has 5 heteroatoms. The largest absolute Gasteiger partial charge is 0.396 e. The topological polar surface area (TPSA) is 73.4 Å². The summed E-state index contributed by atoms with van der Waals surface area (Å²) in [6, 6.07) is 3.21. The van der Waals surface area contributed by atoms with Crippen LogP contribution in [-0.2, 0) is 0 Å². The zero-order valence-electron chi connectivity index (χ0n) is 10.3. The van der Waals surface area contributed by atoms with E-state index in [-0.39, 0.29) is 23.6 Å². The van der Waals surface area contributed by atoms with Gasteiger partial charge in [-0.25, -0.2) is 0 Å². The molecule has 1 aliphatic heterocycles. The predicted octanol–water partition coefficient (Wildman–Crippen LogP) is 0.609. The number of piperidine rings is 1. The number of aromatic nitrogens is 1. The van der Waals surface area contributed by atoms with E-state index in [1.54, 1.807) is 17.0 Å². The van der Waals surface area contributed by atoms with Gasteiger partial charge in [0, 0.05) is 25.9 Å². The van der Waals surface area contributed by atoms with Gasteiger partial charge >= 0.3 is 0 Å². The number of rotatable bonds is 3. The van der Waals surface area contributed by atoms with Crippen LogP contribution in [0.3, 0.4) is 0 Å². The molecular formula is C13H18N2O3. The molecule has 0 spiro atoms. The summed E-state index contributed by atoms with van der Waals surface area (Å²) in [5.74, 6) is 0.134. The molecule has 98 valence electrons. The van der Waals surface area contributed by atoms with Crippen molar-refractivity contribution in [3.8, 4) is 0 Å². The number of H-pyrrole nitrogens is 1. The van der Waals surface area contributed by atoms with Crippen molar-refractivity contribution in [2.24, 2.45) is 5.92 Å². The van der Waals surface area contributed by atoms with E-state index in [2.05, 4.69) is 4.98 Å². The van der Waals surface area contributed by atoms with Crippen LogP contribution in [0.5, 0.6) is 0 Å². The quantitative estimate of drug-likeness (QED) is 0.825. The third-order valence-electron chi connectivity index (χ3n) is 3.39. The first-order valence-corrected chi connectivity index (χ1v) is 6.30. The zero-order chi connectivity index (χ0) is 13.0. The highest BCUT2D eigenvalue weighted by molar-refractivity contribution is 5.93. The number of aromatic amines is 1. The highest BCUT2D eigenvalue weighted by atomic mass is 16.3. The molecule has 1 aromatic rings. The molecule has 0 bridgehead atoms. The van der Waals surface area contributed by atoms with Gasteiger partial charge in [0.2, 0.25) is 0 Å². The average molecular weight is 250 g/mol. The van der Waals surface area contributed by atoms with E-state index >= 15 is 0 Å². The Morgan fingerprint density at radius 2 is 2.39 bits per heavy atom. The normalized spacial score (nSPS) is 19.8. The van der Waals surface area contributed by atoms with Crippen LogP contribution in [-0.4, -0.2) is 40.6 Å². The summed E-state index contributed by atoms with van der Waals surface area (Å²) >= 11 is 0. The minimum absolute atomic E-state index is 0.151. The minimum atomic E-state index is -0.341. The van der Waals surface area contributed by atoms with Crippen molar-refractivity contribution >= 4 is 5.91 Å². The van der Waals surface area contributed by atoms with Crippen molar-refractivity contribution in [1.82, 2.24) is 9.88 Å². The number of pyridine rings is 1. The average Bonchev–Trinajstić information content (AvgIpc) is 2.39. The van der Waals surface area contributed by atoms with E-state index in [9.17, 15) is 9.59 Å². The lowest BCUT2D eigenvalue weighted by atomic mass is 9.95. The van der Waals surface area contributed by atoms with Crippen LogP contribution in [0.1, 0.15) is 29.6 Å². The molecule has 1 amide bonds. The van der Waals surface area contributed by atoms with Crippen LogP contribution in [0, 0.1) is 5.92 Å². The Bertz CT molecular complexity index is 467. The number of nitrogens with zero attached hydrogens (tertiary/aromatic N) is 1.